The van der Waals surface area contributed by atoms with Crippen molar-refractivity contribution >= 4 is 49.9 Å². The molecule has 0 fully saturated rings. The highest BCUT2D eigenvalue weighted by Gasteiger charge is 2.15. The van der Waals surface area contributed by atoms with E-state index in [-0.39, 0.29) is 0 Å². The maximum absolute atomic E-state index is 11.1. The molecule has 0 atom stereocenters. The third kappa shape index (κ3) is 1.90. The van der Waals surface area contributed by atoms with E-state index in [4.69, 9.17) is 27.9 Å². The number of rotatable bonds is 3. The molecule has 2 nitrogen and oxygen atoms in total. The van der Waals surface area contributed by atoms with Crippen molar-refractivity contribution in [3.05, 3.63) is 28.1 Å². The van der Waals surface area contributed by atoms with Gasteiger partial charge in [0.25, 0.3) is 5.24 Å². The number of ether oxygens (including phenoxy) is 1. The quantitative estimate of drug-likeness (QED) is 0.779. The summed E-state index contributed by atoms with van der Waals surface area (Å²) in [5, 5.41) is 2.45. The van der Waals surface area contributed by atoms with Crippen LogP contribution in [0, 0.1) is 0 Å². The number of hydrogen-bond donors (Lipinski definition) is 0. The third-order valence-electron chi connectivity index (χ3n) is 2.15. The van der Waals surface area contributed by atoms with E-state index in [1.165, 1.54) is 11.3 Å². The van der Waals surface area contributed by atoms with E-state index >= 15 is 0 Å². The predicted octanol–water partition coefficient (Wildman–Crippen LogP) is 4.33. The number of hydrogen-bond acceptors (Lipinski definition) is 3. The summed E-state index contributed by atoms with van der Waals surface area (Å²) in [6.07, 6.45) is 0. The van der Waals surface area contributed by atoms with Crippen LogP contribution in [0.3, 0.4) is 0 Å². The Balaban J connectivity index is 2.69. The van der Waals surface area contributed by atoms with Crippen molar-refractivity contribution in [1.29, 1.82) is 0 Å². The molecule has 1 aromatic heterocycles. The first-order valence-corrected chi connectivity index (χ1v) is 6.31. The topological polar surface area (TPSA) is 26.3 Å². The Bertz CT molecular complexity index is 548. The molecule has 16 heavy (non-hydrogen) atoms. The Morgan fingerprint density at radius 2 is 2.25 bits per heavy atom. The molecular formula is C11H8Cl2O2S. The van der Waals surface area contributed by atoms with Crippen LogP contribution in [0.5, 0.6) is 5.75 Å². The minimum Gasteiger partial charge on any atom is -0.492 e. The standard InChI is InChI=1S/C11H8Cl2O2S/c1-2-15-7-5-16-8-4-3-6(11(13)14)10(12)9(7)8/h3-5H,2H2,1H3. The van der Waals surface area contributed by atoms with Crippen molar-refractivity contribution < 1.29 is 9.53 Å². The fourth-order valence-electron chi connectivity index (χ4n) is 1.48. The number of carbonyl (C=O) groups excluding carboxylic acids is 1. The van der Waals surface area contributed by atoms with E-state index < -0.39 is 5.24 Å². The Kier molecular flexibility index (Phi) is 3.38. The zero-order valence-electron chi connectivity index (χ0n) is 8.42. The van der Waals surface area contributed by atoms with Gasteiger partial charge in [0.2, 0.25) is 0 Å². The van der Waals surface area contributed by atoms with Gasteiger partial charge in [-0.3, -0.25) is 4.79 Å². The zero-order valence-corrected chi connectivity index (χ0v) is 10.7. The first kappa shape index (κ1) is 11.7. The van der Waals surface area contributed by atoms with Crippen LogP contribution in [-0.4, -0.2) is 11.8 Å². The fourth-order valence-corrected chi connectivity index (χ4v) is 2.97. The molecule has 0 amide bonds. The Labute approximate surface area is 107 Å². The summed E-state index contributed by atoms with van der Waals surface area (Å²) < 4.78 is 6.43. The molecule has 0 unspecified atom stereocenters. The lowest BCUT2D eigenvalue weighted by Gasteiger charge is -2.04. The molecule has 2 aromatic rings. The van der Waals surface area contributed by atoms with Crippen LogP contribution in [0.15, 0.2) is 17.5 Å². The Hall–Kier alpha value is -0.770. The van der Waals surface area contributed by atoms with Crippen molar-refractivity contribution in [2.24, 2.45) is 0 Å². The van der Waals surface area contributed by atoms with Gasteiger partial charge in [0, 0.05) is 10.1 Å². The second kappa shape index (κ2) is 4.62. The summed E-state index contributed by atoms with van der Waals surface area (Å²) in [5.74, 6) is 0.701. The molecule has 0 aliphatic rings. The summed E-state index contributed by atoms with van der Waals surface area (Å²) >= 11 is 13.1. The van der Waals surface area contributed by atoms with E-state index in [9.17, 15) is 4.79 Å². The van der Waals surface area contributed by atoms with Gasteiger partial charge in [-0.2, -0.15) is 0 Å². The average Bonchev–Trinajstić information content (AvgIpc) is 2.63. The lowest BCUT2D eigenvalue weighted by atomic mass is 10.2. The van der Waals surface area contributed by atoms with Gasteiger partial charge < -0.3 is 4.74 Å². The van der Waals surface area contributed by atoms with Crippen molar-refractivity contribution in [2.75, 3.05) is 6.61 Å². The minimum absolute atomic E-state index is 0.315. The normalized spacial score (nSPS) is 10.7. The van der Waals surface area contributed by atoms with E-state index in [1.54, 1.807) is 6.07 Å². The van der Waals surface area contributed by atoms with E-state index in [1.807, 2.05) is 18.4 Å². The number of halogens is 2. The number of thiophene rings is 1. The smallest absolute Gasteiger partial charge is 0.253 e. The predicted molar refractivity (Wildman–Crippen MR) is 68.2 cm³/mol. The molecule has 0 radical (unpaired) electrons. The summed E-state index contributed by atoms with van der Waals surface area (Å²) in [7, 11) is 0. The van der Waals surface area contributed by atoms with Crippen molar-refractivity contribution in [2.45, 2.75) is 6.92 Å². The molecule has 0 saturated carbocycles. The number of carbonyl (C=O) groups is 1. The van der Waals surface area contributed by atoms with Gasteiger partial charge in [0.1, 0.15) is 5.75 Å². The maximum atomic E-state index is 11.1. The SMILES string of the molecule is CCOc1csc2ccc(C(=O)Cl)c(Cl)c12. The van der Waals surface area contributed by atoms with Crippen molar-refractivity contribution in [3.63, 3.8) is 0 Å². The molecule has 0 aliphatic heterocycles. The second-order valence-corrected chi connectivity index (χ2v) is 4.74. The molecule has 0 bridgehead atoms. The van der Waals surface area contributed by atoms with Crippen LogP contribution in [0.25, 0.3) is 10.1 Å². The molecule has 0 aliphatic carbocycles. The van der Waals surface area contributed by atoms with Crippen LogP contribution in [0.2, 0.25) is 5.02 Å². The molecule has 2 rings (SSSR count). The lowest BCUT2D eigenvalue weighted by molar-refractivity contribution is 0.108. The van der Waals surface area contributed by atoms with Gasteiger partial charge in [0.15, 0.2) is 0 Å². The molecular weight excluding hydrogens is 267 g/mol. The molecule has 0 N–H and O–H groups in total. The highest BCUT2D eigenvalue weighted by Crippen LogP contribution is 2.39. The molecule has 5 heteroatoms. The average molecular weight is 275 g/mol. The monoisotopic (exact) mass is 274 g/mol. The van der Waals surface area contributed by atoms with Gasteiger partial charge in [-0.05, 0) is 30.7 Å². The third-order valence-corrected chi connectivity index (χ3v) is 3.68. The van der Waals surface area contributed by atoms with E-state index in [2.05, 4.69) is 0 Å². The van der Waals surface area contributed by atoms with Crippen LogP contribution >= 0.6 is 34.5 Å². The fraction of sp³-hybridized carbons (Fsp3) is 0.182. The van der Waals surface area contributed by atoms with Gasteiger partial charge in [0.05, 0.1) is 22.6 Å². The second-order valence-electron chi connectivity index (χ2n) is 3.11. The largest absolute Gasteiger partial charge is 0.492 e. The highest BCUT2D eigenvalue weighted by molar-refractivity contribution is 7.17. The summed E-state index contributed by atoms with van der Waals surface area (Å²) in [6.45, 7) is 2.45. The van der Waals surface area contributed by atoms with Crippen LogP contribution in [0.1, 0.15) is 17.3 Å². The Morgan fingerprint density at radius 1 is 1.50 bits per heavy atom. The minimum atomic E-state index is -0.555. The van der Waals surface area contributed by atoms with Gasteiger partial charge in [-0.1, -0.05) is 11.6 Å². The van der Waals surface area contributed by atoms with Crippen LogP contribution in [0.4, 0.5) is 0 Å². The lowest BCUT2D eigenvalue weighted by Crippen LogP contribution is -1.93. The molecule has 0 saturated heterocycles. The van der Waals surface area contributed by atoms with Crippen LogP contribution in [-0.2, 0) is 0 Å². The zero-order chi connectivity index (χ0) is 11.7. The van der Waals surface area contributed by atoms with Gasteiger partial charge >= 0.3 is 0 Å². The molecule has 1 heterocycles. The Morgan fingerprint density at radius 3 is 2.88 bits per heavy atom. The van der Waals surface area contributed by atoms with Crippen molar-refractivity contribution in [3.8, 4) is 5.75 Å². The van der Waals surface area contributed by atoms with Crippen molar-refractivity contribution in [1.82, 2.24) is 0 Å². The van der Waals surface area contributed by atoms with Crippen LogP contribution < -0.4 is 4.74 Å². The summed E-state index contributed by atoms with van der Waals surface area (Å²) in [5.41, 5.74) is 0.315. The number of benzene rings is 1. The van der Waals surface area contributed by atoms with E-state index in [0.29, 0.717) is 22.9 Å². The summed E-state index contributed by atoms with van der Waals surface area (Å²) in [6, 6.07) is 3.45. The molecule has 1 aromatic carbocycles. The first-order valence-electron chi connectivity index (χ1n) is 4.67. The first-order chi connectivity index (χ1) is 7.65. The summed E-state index contributed by atoms with van der Waals surface area (Å²) in [4.78, 5) is 11.1. The van der Waals surface area contributed by atoms with E-state index in [0.717, 1.165) is 10.1 Å². The van der Waals surface area contributed by atoms with Gasteiger partial charge in [-0.25, -0.2) is 0 Å². The number of fused-ring (bicyclic) bond motifs is 1. The molecule has 84 valence electrons. The van der Waals surface area contributed by atoms with Gasteiger partial charge in [-0.15, -0.1) is 11.3 Å². The highest BCUT2D eigenvalue weighted by atomic mass is 35.5. The molecule has 0 spiro atoms. The maximum Gasteiger partial charge on any atom is 0.253 e.